The molecule has 4 atom stereocenters. The number of aromatic nitrogens is 2. The number of fused-ring (bicyclic) bond motifs is 3. The summed E-state index contributed by atoms with van der Waals surface area (Å²) in [6, 6.07) is 23.5. The quantitative estimate of drug-likeness (QED) is 0.0641. The zero-order valence-corrected chi connectivity index (χ0v) is 46.0. The van der Waals surface area contributed by atoms with Crippen LogP contribution >= 0.6 is 0 Å². The van der Waals surface area contributed by atoms with Gasteiger partial charge in [0.05, 0.1) is 52.5 Å². The summed E-state index contributed by atoms with van der Waals surface area (Å²) >= 11 is 0. The number of likely N-dealkylation sites (tertiary alicyclic amines) is 1. The Morgan fingerprint density at radius 3 is 2.45 bits per heavy atom. The number of nitro groups is 1. The number of nitrogens with one attached hydrogen (secondary N) is 3. The van der Waals surface area contributed by atoms with Crippen molar-refractivity contribution in [3.8, 4) is 5.88 Å². The van der Waals surface area contributed by atoms with E-state index in [4.69, 9.17) is 19.2 Å². The van der Waals surface area contributed by atoms with Crippen molar-refractivity contribution in [1.82, 2.24) is 24.5 Å². The standard InChI is InChI=1S/C59H75N9O9S/c1-38(2)45-6-4-5-7-46(45)50-31-42(65-25-28-75-29-26-65)15-22-66(50)43-34-59(35-43)19-23-64(24-20-59)41-8-10-47(51(32-41)67-49-16-27-76-37-54(49)77-57-53(67)30-40-14-21-60-55(40)62-57)56(69)63-78(73,74)44-9-11-48(52(33-44)68(71)72)61-36-39-12-17-58(3,70)18-13-39/h4-11,14,21,30,32-33,38-39,42-43,49-50,54,61,70H,12-13,15-20,22-29,31,34-37H2,1-3H3,(H,60,62)(H,63,69)/t39?,42-,49+,50-,54+,58?/m1/s1. The summed E-state index contributed by atoms with van der Waals surface area (Å²) in [4.78, 5) is 44.3. The summed E-state index contributed by atoms with van der Waals surface area (Å²) in [6.45, 7) is 14.1. The Labute approximate surface area is 457 Å². The molecule has 4 N–H and O–H groups in total. The van der Waals surface area contributed by atoms with Crippen LogP contribution in [0.15, 0.2) is 83.9 Å². The second-order valence-electron chi connectivity index (χ2n) is 24.0. The molecule has 6 fully saturated rings. The van der Waals surface area contributed by atoms with E-state index in [9.17, 15) is 28.4 Å². The monoisotopic (exact) mass is 1090 g/mol. The number of rotatable bonds is 13. The molecule has 1 amide bonds. The van der Waals surface area contributed by atoms with E-state index in [0.717, 1.165) is 95.2 Å². The number of hydrogen-bond donors (Lipinski definition) is 4. The van der Waals surface area contributed by atoms with Crippen LogP contribution < -0.4 is 24.6 Å². The summed E-state index contributed by atoms with van der Waals surface area (Å²) in [6.07, 6.45) is 11.5. The first-order chi connectivity index (χ1) is 37.6. The lowest BCUT2D eigenvalue weighted by Crippen LogP contribution is -2.59. The number of anilines is 4. The van der Waals surface area contributed by atoms with Gasteiger partial charge < -0.3 is 39.4 Å². The van der Waals surface area contributed by atoms with Crippen LogP contribution in [0.5, 0.6) is 5.88 Å². The van der Waals surface area contributed by atoms with E-state index in [1.165, 1.54) is 42.5 Å². The Morgan fingerprint density at radius 2 is 1.68 bits per heavy atom. The average Bonchev–Trinajstić information content (AvgIpc) is 3.92. The molecule has 7 heterocycles. The van der Waals surface area contributed by atoms with Gasteiger partial charge >= 0.3 is 0 Å². The zero-order valence-electron chi connectivity index (χ0n) is 45.2. The highest BCUT2D eigenvalue weighted by molar-refractivity contribution is 7.90. The summed E-state index contributed by atoms with van der Waals surface area (Å²) < 4.78 is 49.1. The lowest BCUT2D eigenvalue weighted by molar-refractivity contribution is -0.384. The zero-order chi connectivity index (χ0) is 53.9. The van der Waals surface area contributed by atoms with Crippen LogP contribution in [0.4, 0.5) is 28.4 Å². The average molecular weight is 1090 g/mol. The third-order valence-corrected chi connectivity index (χ3v) is 20.0. The van der Waals surface area contributed by atoms with Gasteiger partial charge in [0.25, 0.3) is 21.6 Å². The van der Waals surface area contributed by atoms with Gasteiger partial charge in [-0.2, -0.15) is 4.98 Å². The van der Waals surface area contributed by atoms with Crippen LogP contribution in [-0.4, -0.2) is 140 Å². The van der Waals surface area contributed by atoms with E-state index in [-0.39, 0.29) is 28.6 Å². The maximum Gasteiger partial charge on any atom is 0.293 e. The van der Waals surface area contributed by atoms with Gasteiger partial charge in [-0.3, -0.25) is 24.7 Å². The van der Waals surface area contributed by atoms with Crippen LogP contribution in [0, 0.1) is 21.4 Å². The number of morpholine rings is 1. The number of pyridine rings is 1. The molecule has 78 heavy (non-hydrogen) atoms. The normalized spacial score (nSPS) is 27.0. The van der Waals surface area contributed by atoms with E-state index in [0.29, 0.717) is 86.0 Å². The van der Waals surface area contributed by atoms with Gasteiger partial charge in [-0.05, 0) is 148 Å². The first-order valence-electron chi connectivity index (χ1n) is 28.5. The molecule has 416 valence electrons. The van der Waals surface area contributed by atoms with Gasteiger partial charge in [0.1, 0.15) is 23.1 Å². The number of benzene rings is 3. The van der Waals surface area contributed by atoms with Crippen LogP contribution in [0.1, 0.15) is 125 Å². The van der Waals surface area contributed by atoms with Crippen LogP contribution in [0.3, 0.4) is 0 Å². The lowest BCUT2D eigenvalue weighted by Gasteiger charge is -2.58. The largest absolute Gasteiger partial charge is 0.468 e. The number of nitro benzene ring substituents is 1. The minimum absolute atomic E-state index is 0.120. The fourth-order valence-electron chi connectivity index (χ4n) is 14.2. The molecule has 12 rings (SSSR count). The number of sulfonamides is 1. The van der Waals surface area contributed by atoms with E-state index in [1.807, 2.05) is 37.4 Å². The van der Waals surface area contributed by atoms with Crippen molar-refractivity contribution in [3.63, 3.8) is 0 Å². The number of aromatic amines is 1. The van der Waals surface area contributed by atoms with Crippen molar-refractivity contribution < 1.29 is 37.5 Å². The number of hydrogen-bond acceptors (Lipinski definition) is 15. The molecule has 4 saturated heterocycles. The van der Waals surface area contributed by atoms with E-state index in [1.54, 1.807) is 6.07 Å². The predicted molar refractivity (Wildman–Crippen MR) is 299 cm³/mol. The minimum atomic E-state index is -4.63. The van der Waals surface area contributed by atoms with Crippen molar-refractivity contribution in [2.45, 2.75) is 138 Å². The summed E-state index contributed by atoms with van der Waals surface area (Å²) in [5, 5.41) is 26.9. The summed E-state index contributed by atoms with van der Waals surface area (Å²) in [5.41, 5.74) is 5.09. The molecule has 0 radical (unpaired) electrons. The van der Waals surface area contributed by atoms with Crippen molar-refractivity contribution in [3.05, 3.63) is 106 Å². The van der Waals surface area contributed by atoms with Crippen molar-refractivity contribution in [1.29, 1.82) is 0 Å². The highest BCUT2D eigenvalue weighted by Gasteiger charge is 2.51. The number of ether oxygens (including phenoxy) is 3. The summed E-state index contributed by atoms with van der Waals surface area (Å²) in [7, 11) is -4.63. The number of amides is 1. The van der Waals surface area contributed by atoms with Gasteiger partial charge in [-0.25, -0.2) is 13.1 Å². The van der Waals surface area contributed by atoms with Gasteiger partial charge in [0, 0.05) is 87.3 Å². The second kappa shape index (κ2) is 21.3. The third-order valence-electron chi connectivity index (χ3n) is 18.7. The molecule has 2 saturated carbocycles. The smallest absolute Gasteiger partial charge is 0.293 e. The Balaban J connectivity index is 0.806. The van der Waals surface area contributed by atoms with Crippen LogP contribution in [-0.2, 0) is 19.5 Å². The Bertz CT molecular complexity index is 3140. The molecule has 2 aromatic heterocycles. The Morgan fingerprint density at radius 1 is 0.897 bits per heavy atom. The Kier molecular flexibility index (Phi) is 14.5. The highest BCUT2D eigenvalue weighted by Crippen LogP contribution is 2.55. The van der Waals surface area contributed by atoms with Gasteiger partial charge in [-0.15, -0.1) is 0 Å². The first kappa shape index (κ1) is 52.8. The number of carbonyl (C=O) groups excluding carboxylic acids is 1. The second-order valence-corrected chi connectivity index (χ2v) is 25.7. The first-order valence-corrected chi connectivity index (χ1v) is 30.0. The van der Waals surface area contributed by atoms with Gasteiger partial charge in [0.2, 0.25) is 5.88 Å². The van der Waals surface area contributed by atoms with Crippen molar-refractivity contribution in [2.24, 2.45) is 11.3 Å². The van der Waals surface area contributed by atoms with Gasteiger partial charge in [0.15, 0.2) is 0 Å². The van der Waals surface area contributed by atoms with E-state index in [2.05, 4.69) is 72.7 Å². The molecule has 5 aromatic rings. The van der Waals surface area contributed by atoms with Crippen molar-refractivity contribution >= 4 is 55.4 Å². The predicted octanol–water partition coefficient (Wildman–Crippen LogP) is 9.04. The highest BCUT2D eigenvalue weighted by atomic mass is 32.2. The maximum atomic E-state index is 14.8. The topological polar surface area (TPSA) is 208 Å². The van der Waals surface area contributed by atoms with E-state index < -0.39 is 43.1 Å². The van der Waals surface area contributed by atoms with Gasteiger partial charge in [-0.1, -0.05) is 38.1 Å². The molecule has 7 aliphatic rings. The molecular formula is C59H75N9O9S. The van der Waals surface area contributed by atoms with E-state index >= 15 is 0 Å². The molecular weight excluding hydrogens is 1010 g/mol. The molecule has 1 spiro atoms. The fraction of sp³-hybridized carbons (Fsp3) is 0.559. The number of carbonyl (C=O) groups is 1. The van der Waals surface area contributed by atoms with Crippen LogP contribution in [0.25, 0.3) is 11.0 Å². The Hall–Kier alpha value is -5.83. The third kappa shape index (κ3) is 10.5. The number of piperidine rings is 2. The molecule has 18 nitrogen and oxygen atoms in total. The number of nitrogens with zero attached hydrogens (tertiary/aromatic N) is 6. The molecule has 0 bridgehead atoms. The molecule has 0 unspecified atom stereocenters. The molecule has 3 aromatic carbocycles. The van der Waals surface area contributed by atoms with Crippen molar-refractivity contribution in [2.75, 3.05) is 80.8 Å². The number of H-pyrrole nitrogens is 1. The SMILES string of the molecule is CC(C)c1ccccc1[C@H]1C[C@H](N2CCOCC2)CCN1C1CC2(CCN(c3ccc(C(=O)NS(=O)(=O)c4ccc(NCC5CCC(C)(O)CC5)c([N+](=O)[O-])c4)c(N4c5cc6cc[nH]c6nc5O[C@H]5COCC[C@@H]54)c3)CC2)C1. The fourth-order valence-corrected chi connectivity index (χ4v) is 15.2. The van der Waals surface area contributed by atoms with Crippen LogP contribution in [0.2, 0.25) is 0 Å². The molecule has 2 aliphatic carbocycles. The number of aliphatic hydroxyl groups is 1. The summed E-state index contributed by atoms with van der Waals surface area (Å²) in [5.74, 6) is 0.140. The maximum absolute atomic E-state index is 14.8. The molecule has 19 heteroatoms. The lowest BCUT2D eigenvalue weighted by atomic mass is 9.59. The molecule has 5 aliphatic heterocycles. The minimum Gasteiger partial charge on any atom is -0.468 e.